The van der Waals surface area contributed by atoms with Crippen molar-refractivity contribution in [3.8, 4) is 0 Å². The number of nitrogens with one attached hydrogen (secondary N) is 2. The molecule has 0 radical (unpaired) electrons. The molecular formula is C14H14N4S. The van der Waals surface area contributed by atoms with Gasteiger partial charge in [0, 0.05) is 28.1 Å². The maximum Gasteiger partial charge on any atom is 0.130 e. The number of aromatic amines is 1. The van der Waals surface area contributed by atoms with Crippen molar-refractivity contribution in [2.24, 2.45) is 0 Å². The first kappa shape index (κ1) is 11.0. The Labute approximate surface area is 115 Å². The highest BCUT2D eigenvalue weighted by atomic mass is 32.1. The zero-order chi connectivity index (χ0) is 12.7. The topological polar surface area (TPSA) is 53.6 Å². The van der Waals surface area contributed by atoms with E-state index >= 15 is 0 Å². The number of para-hydroxylation sites is 1. The summed E-state index contributed by atoms with van der Waals surface area (Å²) in [6.45, 7) is 0. The molecule has 3 aromatic rings. The minimum absolute atomic E-state index is 0.346. The van der Waals surface area contributed by atoms with Crippen LogP contribution in [-0.4, -0.2) is 14.6 Å². The lowest BCUT2D eigenvalue weighted by Gasteiger charge is -2.23. The molecule has 4 rings (SSSR count). The molecule has 0 saturated heterocycles. The Morgan fingerprint density at radius 2 is 2.26 bits per heavy atom. The second-order valence-electron chi connectivity index (χ2n) is 4.93. The van der Waals surface area contributed by atoms with Crippen molar-refractivity contribution in [1.82, 2.24) is 14.6 Å². The zero-order valence-electron chi connectivity index (χ0n) is 10.4. The Hall–Kier alpha value is -1.88. The number of aromatic nitrogens is 3. The normalized spacial score (nSPS) is 18.4. The number of H-pyrrole nitrogens is 1. The minimum atomic E-state index is 0.346. The number of anilines is 1. The van der Waals surface area contributed by atoms with Gasteiger partial charge in [-0.1, -0.05) is 22.7 Å². The number of aryl methyl sites for hydroxylation is 1. The summed E-state index contributed by atoms with van der Waals surface area (Å²) in [7, 11) is 0. The molecule has 2 aromatic heterocycles. The predicted molar refractivity (Wildman–Crippen MR) is 77.5 cm³/mol. The van der Waals surface area contributed by atoms with E-state index in [0.29, 0.717) is 6.04 Å². The van der Waals surface area contributed by atoms with E-state index in [4.69, 9.17) is 0 Å². The minimum Gasteiger partial charge on any atom is -0.366 e. The molecule has 0 amide bonds. The molecule has 1 aliphatic rings. The van der Waals surface area contributed by atoms with Crippen LogP contribution in [-0.2, 0) is 6.42 Å². The lowest BCUT2D eigenvalue weighted by Crippen LogP contribution is -2.16. The molecule has 1 atom stereocenters. The van der Waals surface area contributed by atoms with Crippen LogP contribution in [0.3, 0.4) is 0 Å². The van der Waals surface area contributed by atoms with E-state index in [1.165, 1.54) is 46.5 Å². The summed E-state index contributed by atoms with van der Waals surface area (Å²) in [6.07, 6.45) is 5.33. The fourth-order valence-corrected chi connectivity index (χ4v) is 3.43. The van der Waals surface area contributed by atoms with Crippen LogP contribution in [0.2, 0.25) is 0 Å². The first-order valence-electron chi connectivity index (χ1n) is 6.55. The van der Waals surface area contributed by atoms with Gasteiger partial charge in [0.05, 0.1) is 12.2 Å². The van der Waals surface area contributed by atoms with Gasteiger partial charge in [-0.2, -0.15) is 0 Å². The number of rotatable bonds is 2. The second kappa shape index (κ2) is 4.35. The fraction of sp³-hybridized carbons (Fsp3) is 0.286. The fourth-order valence-electron chi connectivity index (χ4n) is 2.96. The van der Waals surface area contributed by atoms with Crippen LogP contribution >= 0.6 is 11.5 Å². The SMILES string of the molecule is c1ccc2c3c([nH]c2c1)C(Nc1cnns1)CCC3. The van der Waals surface area contributed by atoms with Gasteiger partial charge in [-0.25, -0.2) is 0 Å². The van der Waals surface area contributed by atoms with Crippen LogP contribution in [0.5, 0.6) is 0 Å². The summed E-state index contributed by atoms with van der Waals surface area (Å²) < 4.78 is 3.91. The van der Waals surface area contributed by atoms with Crippen LogP contribution in [0.1, 0.15) is 30.1 Å². The molecule has 0 spiro atoms. The van der Waals surface area contributed by atoms with E-state index in [2.05, 4.69) is 44.2 Å². The van der Waals surface area contributed by atoms with E-state index in [1.807, 2.05) is 0 Å². The van der Waals surface area contributed by atoms with E-state index in [0.717, 1.165) is 11.4 Å². The molecule has 4 nitrogen and oxygen atoms in total. The molecule has 96 valence electrons. The standard InChI is InChI=1S/C14H14N4S/c1-2-6-11-9(4-1)10-5-3-7-12(14(10)17-11)16-13-8-15-18-19-13/h1-2,4,6,8,12,16-17H,3,5,7H2. The smallest absolute Gasteiger partial charge is 0.130 e. The van der Waals surface area contributed by atoms with Gasteiger partial charge in [0.25, 0.3) is 0 Å². The maximum atomic E-state index is 3.91. The molecule has 5 heteroatoms. The first-order valence-corrected chi connectivity index (χ1v) is 7.32. The molecule has 1 unspecified atom stereocenters. The van der Waals surface area contributed by atoms with E-state index in [1.54, 1.807) is 6.20 Å². The van der Waals surface area contributed by atoms with Crippen molar-refractivity contribution in [1.29, 1.82) is 0 Å². The van der Waals surface area contributed by atoms with Crippen LogP contribution in [0.4, 0.5) is 5.00 Å². The van der Waals surface area contributed by atoms with Gasteiger partial charge in [-0.05, 0) is 30.9 Å². The monoisotopic (exact) mass is 270 g/mol. The Balaban J connectivity index is 1.77. The molecule has 1 aromatic carbocycles. The summed E-state index contributed by atoms with van der Waals surface area (Å²) in [5, 5.41) is 9.83. The summed E-state index contributed by atoms with van der Waals surface area (Å²) in [5.41, 5.74) is 4.04. The third kappa shape index (κ3) is 1.81. The molecule has 0 bridgehead atoms. The number of hydrogen-bond acceptors (Lipinski definition) is 4. The average molecular weight is 270 g/mol. The summed E-state index contributed by atoms with van der Waals surface area (Å²) in [4.78, 5) is 3.58. The number of fused-ring (bicyclic) bond motifs is 3. The van der Waals surface area contributed by atoms with Gasteiger partial charge in [0.1, 0.15) is 5.00 Å². The lowest BCUT2D eigenvalue weighted by atomic mass is 9.92. The predicted octanol–water partition coefficient (Wildman–Crippen LogP) is 3.51. The molecule has 1 aliphatic carbocycles. The van der Waals surface area contributed by atoms with Crippen LogP contribution in [0, 0.1) is 0 Å². The van der Waals surface area contributed by atoms with Crippen molar-refractivity contribution in [2.75, 3.05) is 5.32 Å². The third-order valence-electron chi connectivity index (χ3n) is 3.79. The van der Waals surface area contributed by atoms with Gasteiger partial charge in [-0.3, -0.25) is 0 Å². The summed E-state index contributed by atoms with van der Waals surface area (Å²) >= 11 is 1.41. The molecule has 0 saturated carbocycles. The molecular weight excluding hydrogens is 256 g/mol. The van der Waals surface area contributed by atoms with Gasteiger partial charge in [0.2, 0.25) is 0 Å². The van der Waals surface area contributed by atoms with Gasteiger partial charge in [0.15, 0.2) is 0 Å². The third-order valence-corrected chi connectivity index (χ3v) is 4.39. The Morgan fingerprint density at radius 3 is 3.16 bits per heavy atom. The Kier molecular flexibility index (Phi) is 2.51. The van der Waals surface area contributed by atoms with E-state index in [-0.39, 0.29) is 0 Å². The van der Waals surface area contributed by atoms with Gasteiger partial charge >= 0.3 is 0 Å². The van der Waals surface area contributed by atoms with Gasteiger partial charge < -0.3 is 10.3 Å². The van der Waals surface area contributed by atoms with Crippen LogP contribution in [0.15, 0.2) is 30.5 Å². The van der Waals surface area contributed by atoms with E-state index in [9.17, 15) is 0 Å². The van der Waals surface area contributed by atoms with Crippen molar-refractivity contribution in [3.63, 3.8) is 0 Å². The highest BCUT2D eigenvalue weighted by Crippen LogP contribution is 2.36. The average Bonchev–Trinajstić information content (AvgIpc) is 3.06. The second-order valence-corrected chi connectivity index (χ2v) is 5.72. The molecule has 0 aliphatic heterocycles. The highest BCUT2D eigenvalue weighted by molar-refractivity contribution is 7.09. The van der Waals surface area contributed by atoms with E-state index < -0.39 is 0 Å². The highest BCUT2D eigenvalue weighted by Gasteiger charge is 2.24. The Bertz CT molecular complexity index is 701. The molecule has 2 heterocycles. The summed E-state index contributed by atoms with van der Waals surface area (Å²) in [6, 6.07) is 8.90. The summed E-state index contributed by atoms with van der Waals surface area (Å²) in [5.74, 6) is 0. The zero-order valence-corrected chi connectivity index (χ0v) is 11.2. The van der Waals surface area contributed by atoms with Crippen molar-refractivity contribution in [2.45, 2.75) is 25.3 Å². The van der Waals surface area contributed by atoms with Crippen molar-refractivity contribution >= 4 is 27.4 Å². The number of hydrogen-bond donors (Lipinski definition) is 2. The first-order chi connectivity index (χ1) is 9.42. The van der Waals surface area contributed by atoms with Crippen LogP contribution in [0.25, 0.3) is 10.9 Å². The van der Waals surface area contributed by atoms with Crippen molar-refractivity contribution in [3.05, 3.63) is 41.7 Å². The van der Waals surface area contributed by atoms with Crippen molar-refractivity contribution < 1.29 is 0 Å². The van der Waals surface area contributed by atoms with Gasteiger partial charge in [-0.15, -0.1) is 5.10 Å². The number of nitrogens with zero attached hydrogens (tertiary/aromatic N) is 2. The Morgan fingerprint density at radius 1 is 1.32 bits per heavy atom. The lowest BCUT2D eigenvalue weighted by molar-refractivity contribution is 0.593. The molecule has 19 heavy (non-hydrogen) atoms. The van der Waals surface area contributed by atoms with Crippen LogP contribution < -0.4 is 5.32 Å². The molecule has 2 N–H and O–H groups in total. The quantitative estimate of drug-likeness (QED) is 0.749. The molecule has 0 fully saturated rings. The maximum absolute atomic E-state index is 3.91. The largest absolute Gasteiger partial charge is 0.366 e. The number of benzene rings is 1.